The Morgan fingerprint density at radius 3 is 2.74 bits per heavy atom. The lowest BCUT2D eigenvalue weighted by atomic mass is 9.89. The number of nitriles is 1. The highest BCUT2D eigenvalue weighted by atomic mass is 16.1. The maximum absolute atomic E-state index is 12.5. The Labute approximate surface area is 160 Å². The molecular weight excluding hydrogens is 336 g/mol. The molecule has 5 heteroatoms. The van der Waals surface area contributed by atoms with Crippen molar-refractivity contribution in [1.29, 1.82) is 5.26 Å². The number of rotatable bonds is 5. The fourth-order valence-corrected chi connectivity index (χ4v) is 3.29. The number of anilines is 1. The van der Waals surface area contributed by atoms with Crippen LogP contribution in [0.1, 0.15) is 48.1 Å². The van der Waals surface area contributed by atoms with E-state index in [-0.39, 0.29) is 11.6 Å². The first-order chi connectivity index (χ1) is 13.1. The number of fused-ring (bicyclic) bond motifs is 1. The van der Waals surface area contributed by atoms with E-state index in [1.165, 1.54) is 30.2 Å². The van der Waals surface area contributed by atoms with Gasteiger partial charge in [-0.1, -0.05) is 18.2 Å². The Morgan fingerprint density at radius 1 is 1.22 bits per heavy atom. The Kier molecular flexibility index (Phi) is 5.87. The van der Waals surface area contributed by atoms with Crippen molar-refractivity contribution in [2.75, 3.05) is 5.32 Å². The summed E-state index contributed by atoms with van der Waals surface area (Å²) in [5, 5.41) is 15.2. The van der Waals surface area contributed by atoms with Gasteiger partial charge in [-0.2, -0.15) is 5.26 Å². The van der Waals surface area contributed by atoms with Crippen LogP contribution in [0.25, 0.3) is 0 Å². The van der Waals surface area contributed by atoms with Crippen molar-refractivity contribution >= 4 is 11.7 Å². The molecule has 1 heterocycles. The molecule has 1 atom stereocenters. The van der Waals surface area contributed by atoms with Crippen LogP contribution in [0.4, 0.5) is 5.82 Å². The number of nitrogens with one attached hydrogen (secondary N) is 2. The monoisotopic (exact) mass is 360 g/mol. The van der Waals surface area contributed by atoms with Crippen molar-refractivity contribution in [3.05, 3.63) is 70.6 Å². The first-order valence-corrected chi connectivity index (χ1v) is 9.29. The standard InChI is InChI=1S/C22H24N4O/c1-15-9-10-24-21(11-15)25-14-20(13-23)22(27)26-16(2)18-8-7-17-5-3-4-6-19(17)12-18/h7-12,14,16H,3-6H2,1-2H3,(H,24,25)(H,26,27)/b20-14-. The Bertz CT molecular complexity index is 911. The van der Waals surface area contributed by atoms with Crippen LogP contribution in [0.2, 0.25) is 0 Å². The second-order valence-electron chi connectivity index (χ2n) is 6.96. The van der Waals surface area contributed by atoms with Crippen molar-refractivity contribution in [2.45, 2.75) is 45.6 Å². The molecule has 1 aromatic carbocycles. The third-order valence-electron chi connectivity index (χ3n) is 4.87. The fourth-order valence-electron chi connectivity index (χ4n) is 3.29. The van der Waals surface area contributed by atoms with Crippen LogP contribution < -0.4 is 10.6 Å². The van der Waals surface area contributed by atoms with Gasteiger partial charge in [-0.25, -0.2) is 4.98 Å². The maximum atomic E-state index is 12.5. The van der Waals surface area contributed by atoms with Crippen LogP contribution in [0.15, 0.2) is 48.3 Å². The SMILES string of the molecule is Cc1ccnc(N/C=C(/C#N)C(=O)NC(C)c2ccc3c(c2)CCCC3)c1. The summed E-state index contributed by atoms with van der Waals surface area (Å²) in [6, 6.07) is 11.9. The number of benzene rings is 1. The Balaban J connectivity index is 1.67. The van der Waals surface area contributed by atoms with Gasteiger partial charge in [0.05, 0.1) is 6.04 Å². The topological polar surface area (TPSA) is 77.8 Å². The first-order valence-electron chi connectivity index (χ1n) is 9.29. The molecule has 0 spiro atoms. The van der Waals surface area contributed by atoms with E-state index < -0.39 is 5.91 Å². The zero-order chi connectivity index (χ0) is 19.2. The number of hydrogen-bond acceptors (Lipinski definition) is 4. The van der Waals surface area contributed by atoms with Crippen LogP contribution in [0.3, 0.4) is 0 Å². The molecular formula is C22H24N4O. The summed E-state index contributed by atoms with van der Waals surface area (Å²) >= 11 is 0. The molecule has 0 aliphatic heterocycles. The van der Waals surface area contributed by atoms with Crippen molar-refractivity contribution < 1.29 is 4.79 Å². The molecule has 138 valence electrons. The van der Waals surface area contributed by atoms with Crippen LogP contribution in [-0.4, -0.2) is 10.9 Å². The van der Waals surface area contributed by atoms with E-state index in [1.54, 1.807) is 6.20 Å². The highest BCUT2D eigenvalue weighted by Crippen LogP contribution is 2.24. The van der Waals surface area contributed by atoms with E-state index in [4.69, 9.17) is 0 Å². The molecule has 1 aliphatic carbocycles. The molecule has 2 aromatic rings. The maximum Gasteiger partial charge on any atom is 0.263 e. The number of pyridine rings is 1. The number of carbonyl (C=O) groups is 1. The lowest BCUT2D eigenvalue weighted by Crippen LogP contribution is -2.28. The molecule has 0 radical (unpaired) electrons. The van der Waals surface area contributed by atoms with Crippen LogP contribution in [0, 0.1) is 18.3 Å². The van der Waals surface area contributed by atoms with Crippen LogP contribution in [0.5, 0.6) is 0 Å². The van der Waals surface area contributed by atoms with Gasteiger partial charge in [0.15, 0.2) is 0 Å². The summed E-state index contributed by atoms with van der Waals surface area (Å²) in [4.78, 5) is 16.6. The summed E-state index contributed by atoms with van der Waals surface area (Å²) in [6.07, 6.45) is 7.78. The third-order valence-corrected chi connectivity index (χ3v) is 4.87. The van der Waals surface area contributed by atoms with E-state index in [9.17, 15) is 10.1 Å². The molecule has 5 nitrogen and oxygen atoms in total. The van der Waals surface area contributed by atoms with Gasteiger partial charge in [0.1, 0.15) is 17.5 Å². The van der Waals surface area contributed by atoms with Gasteiger partial charge in [0, 0.05) is 12.4 Å². The minimum Gasteiger partial charge on any atom is -0.345 e. The molecule has 3 rings (SSSR count). The first kappa shape index (κ1) is 18.7. The second-order valence-corrected chi connectivity index (χ2v) is 6.96. The largest absolute Gasteiger partial charge is 0.345 e. The lowest BCUT2D eigenvalue weighted by molar-refractivity contribution is -0.117. The summed E-state index contributed by atoms with van der Waals surface area (Å²) < 4.78 is 0. The lowest BCUT2D eigenvalue weighted by Gasteiger charge is -2.20. The summed E-state index contributed by atoms with van der Waals surface area (Å²) in [5.74, 6) is 0.196. The highest BCUT2D eigenvalue weighted by molar-refractivity contribution is 5.97. The Morgan fingerprint density at radius 2 is 2.00 bits per heavy atom. The van der Waals surface area contributed by atoms with Gasteiger partial charge in [-0.05, 0) is 73.9 Å². The van der Waals surface area contributed by atoms with Gasteiger partial charge in [0.2, 0.25) is 0 Å². The number of aromatic nitrogens is 1. The molecule has 2 N–H and O–H groups in total. The molecule has 1 aliphatic rings. The van der Waals surface area contributed by atoms with Gasteiger partial charge in [0.25, 0.3) is 5.91 Å². The van der Waals surface area contributed by atoms with E-state index in [0.717, 1.165) is 24.0 Å². The number of nitrogens with zero attached hydrogens (tertiary/aromatic N) is 2. The third kappa shape index (κ3) is 4.73. The second kappa shape index (κ2) is 8.50. The number of amides is 1. The molecule has 1 unspecified atom stereocenters. The smallest absolute Gasteiger partial charge is 0.263 e. The summed E-state index contributed by atoms with van der Waals surface area (Å²) in [7, 11) is 0. The average Bonchev–Trinajstić information content (AvgIpc) is 2.68. The van der Waals surface area contributed by atoms with E-state index >= 15 is 0 Å². The van der Waals surface area contributed by atoms with Crippen LogP contribution in [-0.2, 0) is 17.6 Å². The highest BCUT2D eigenvalue weighted by Gasteiger charge is 2.16. The minimum absolute atomic E-state index is 0.0168. The van der Waals surface area contributed by atoms with E-state index in [2.05, 4.69) is 33.8 Å². The van der Waals surface area contributed by atoms with Crippen molar-refractivity contribution in [2.24, 2.45) is 0 Å². The van der Waals surface area contributed by atoms with E-state index in [0.29, 0.717) is 5.82 Å². The van der Waals surface area contributed by atoms with Gasteiger partial charge >= 0.3 is 0 Å². The zero-order valence-corrected chi connectivity index (χ0v) is 15.7. The summed E-state index contributed by atoms with van der Waals surface area (Å²) in [6.45, 7) is 3.89. The molecule has 27 heavy (non-hydrogen) atoms. The molecule has 1 amide bonds. The normalized spacial score (nSPS) is 14.6. The minimum atomic E-state index is -0.400. The number of hydrogen-bond donors (Lipinski definition) is 2. The van der Waals surface area contributed by atoms with Crippen molar-refractivity contribution in [3.63, 3.8) is 0 Å². The molecule has 0 fully saturated rings. The zero-order valence-electron chi connectivity index (χ0n) is 15.7. The van der Waals surface area contributed by atoms with Crippen molar-refractivity contribution in [1.82, 2.24) is 10.3 Å². The average molecular weight is 360 g/mol. The molecule has 0 saturated heterocycles. The molecule has 0 saturated carbocycles. The Hall–Kier alpha value is -3.13. The van der Waals surface area contributed by atoms with Crippen molar-refractivity contribution in [3.8, 4) is 6.07 Å². The number of aryl methyl sites for hydroxylation is 3. The predicted octanol–water partition coefficient (Wildman–Crippen LogP) is 3.97. The van der Waals surface area contributed by atoms with Gasteiger partial charge in [-0.15, -0.1) is 0 Å². The fraction of sp³-hybridized carbons (Fsp3) is 0.318. The van der Waals surface area contributed by atoms with Gasteiger partial charge < -0.3 is 10.6 Å². The quantitative estimate of drug-likeness (QED) is 0.625. The molecule has 1 aromatic heterocycles. The van der Waals surface area contributed by atoms with E-state index in [1.807, 2.05) is 32.0 Å². The van der Waals surface area contributed by atoms with Gasteiger partial charge in [-0.3, -0.25) is 4.79 Å². The number of carbonyl (C=O) groups excluding carboxylic acids is 1. The van der Waals surface area contributed by atoms with Crippen LogP contribution >= 0.6 is 0 Å². The molecule has 0 bridgehead atoms. The predicted molar refractivity (Wildman–Crippen MR) is 106 cm³/mol. The summed E-state index contributed by atoms with van der Waals surface area (Å²) in [5.41, 5.74) is 4.92.